The van der Waals surface area contributed by atoms with Crippen LogP contribution in [-0.2, 0) is 19.8 Å². The monoisotopic (exact) mass is 463 g/mol. The van der Waals surface area contributed by atoms with Gasteiger partial charge in [0.05, 0.1) is 0 Å². The summed E-state index contributed by atoms with van der Waals surface area (Å²) in [5, 5.41) is 0. The predicted octanol–water partition coefficient (Wildman–Crippen LogP) is 7.17. The Morgan fingerprint density at radius 2 is 1.27 bits per heavy atom. The van der Waals surface area contributed by atoms with Crippen LogP contribution in [0.2, 0.25) is 4.63 Å². The van der Waals surface area contributed by atoms with E-state index in [4.69, 9.17) is 0 Å². The molecule has 0 radical (unpaired) electrons. The van der Waals surface area contributed by atoms with Crippen molar-refractivity contribution < 1.29 is 19.8 Å². The molecule has 0 fully saturated rings. The first-order chi connectivity index (χ1) is 11.7. The van der Waals surface area contributed by atoms with Gasteiger partial charge in [-0.25, -0.2) is 0 Å². The molecule has 0 heterocycles. The SMILES string of the molecule is CCC[CH]=[Zr]([CH3])([CH]1C=Cc2ccccc21)[CH]1C=Cc2ccccc21.Cl.Cl. The van der Waals surface area contributed by atoms with E-state index in [0.29, 0.717) is 7.25 Å². The molecule has 0 N–H and O–H groups in total. The van der Waals surface area contributed by atoms with E-state index in [9.17, 15) is 0 Å². The maximum absolute atomic E-state index is 2.79. The summed E-state index contributed by atoms with van der Waals surface area (Å²) in [4.78, 5) is 0. The van der Waals surface area contributed by atoms with Gasteiger partial charge >= 0.3 is 150 Å². The summed E-state index contributed by atoms with van der Waals surface area (Å²) in [6.45, 7) is 2.31. The fourth-order valence-corrected chi connectivity index (χ4v) is 16.0. The van der Waals surface area contributed by atoms with Crippen LogP contribution in [0.25, 0.3) is 12.2 Å². The molecular weight excluding hydrogens is 438 g/mol. The Morgan fingerprint density at radius 1 is 0.808 bits per heavy atom. The molecule has 2 unspecified atom stereocenters. The molecule has 0 spiro atoms. The molecule has 0 aliphatic heterocycles. The maximum Gasteiger partial charge on any atom is -0.147 e. The quantitative estimate of drug-likeness (QED) is 0.449. The zero-order valence-corrected chi connectivity index (χ0v) is 19.5. The first-order valence-electron chi connectivity index (χ1n) is 9.12. The van der Waals surface area contributed by atoms with Gasteiger partial charge in [0, 0.05) is 0 Å². The Bertz CT molecular complexity index is 814. The van der Waals surface area contributed by atoms with Crippen molar-refractivity contribution in [2.45, 2.75) is 31.6 Å². The molecule has 2 aromatic rings. The van der Waals surface area contributed by atoms with Crippen LogP contribution < -0.4 is 0 Å². The van der Waals surface area contributed by atoms with Crippen LogP contribution in [-0.4, -0.2) is 3.71 Å². The van der Waals surface area contributed by atoms with Crippen LogP contribution in [0.5, 0.6) is 0 Å². The van der Waals surface area contributed by atoms with Crippen LogP contribution in [0.15, 0.2) is 60.7 Å². The largest absolute Gasteiger partial charge is 0.147 e. The maximum atomic E-state index is 2.79. The van der Waals surface area contributed by atoms with Gasteiger partial charge in [0.25, 0.3) is 0 Å². The van der Waals surface area contributed by atoms with Crippen molar-refractivity contribution in [1.29, 1.82) is 0 Å². The van der Waals surface area contributed by atoms with Gasteiger partial charge < -0.3 is 0 Å². The average molecular weight is 466 g/mol. The van der Waals surface area contributed by atoms with Gasteiger partial charge in [0.1, 0.15) is 0 Å². The summed E-state index contributed by atoms with van der Waals surface area (Å²) in [6.07, 6.45) is 12.3. The molecule has 0 amide bonds. The topological polar surface area (TPSA) is 0 Å². The Morgan fingerprint density at radius 3 is 1.73 bits per heavy atom. The zero-order valence-electron chi connectivity index (χ0n) is 15.4. The molecule has 2 aromatic carbocycles. The van der Waals surface area contributed by atoms with E-state index in [0.717, 1.165) is 0 Å². The Kier molecular flexibility index (Phi) is 7.43. The van der Waals surface area contributed by atoms with Crippen LogP contribution in [0.1, 0.15) is 49.3 Å². The van der Waals surface area contributed by atoms with Crippen molar-refractivity contribution in [2.24, 2.45) is 0 Å². The molecule has 0 saturated heterocycles. The third-order valence-corrected chi connectivity index (χ3v) is 17.7. The number of halogens is 2. The number of hydrogen-bond acceptors (Lipinski definition) is 0. The molecule has 2 aliphatic rings. The first kappa shape index (κ1) is 21.6. The average Bonchev–Trinajstić information content (AvgIpc) is 3.24. The standard InChI is InChI=1S/2C9H7.C4H8.CH3.2ClH.Zr/c2*1-2-5-9-7-3-6-8(9)4-1;1-3-4-2;;;;/h2*1-7H;1H,3-4H2,2H3;1H3;2*1H;. The molecule has 137 valence electrons. The summed E-state index contributed by atoms with van der Waals surface area (Å²) >= 11 is -2.63. The first-order valence-corrected chi connectivity index (χ1v) is 15.8. The van der Waals surface area contributed by atoms with E-state index in [-0.39, 0.29) is 24.8 Å². The fraction of sp³-hybridized carbons (Fsp3) is 0.261. The molecule has 0 aromatic heterocycles. The second-order valence-corrected chi connectivity index (χ2v) is 18.1. The second-order valence-electron chi connectivity index (χ2n) is 7.29. The van der Waals surface area contributed by atoms with E-state index >= 15 is 0 Å². The number of rotatable bonds is 4. The van der Waals surface area contributed by atoms with E-state index in [1.54, 1.807) is 11.1 Å². The molecule has 0 nitrogen and oxygen atoms in total. The van der Waals surface area contributed by atoms with E-state index in [2.05, 4.69) is 88.1 Å². The zero-order chi connectivity index (χ0) is 16.6. The molecule has 3 heteroatoms. The summed E-state index contributed by atoms with van der Waals surface area (Å²) in [5.74, 6) is 0. The number of fused-ring (bicyclic) bond motifs is 2. The number of hydrogen-bond donors (Lipinski definition) is 0. The predicted molar refractivity (Wildman–Crippen MR) is 118 cm³/mol. The van der Waals surface area contributed by atoms with Crippen LogP contribution in [0.3, 0.4) is 0 Å². The summed E-state index contributed by atoms with van der Waals surface area (Å²) in [7, 11) is 0. The van der Waals surface area contributed by atoms with Gasteiger partial charge in [-0.2, -0.15) is 0 Å². The smallest absolute Gasteiger partial charge is 0.147 e. The normalized spacial score (nSPS) is 21.2. The van der Waals surface area contributed by atoms with Crippen LogP contribution >= 0.6 is 24.8 Å². The Balaban J connectivity index is 0.00000121. The van der Waals surface area contributed by atoms with Gasteiger partial charge in [-0.05, 0) is 0 Å². The molecule has 0 saturated carbocycles. The third-order valence-electron chi connectivity index (χ3n) is 5.81. The second kappa shape index (κ2) is 8.96. The minimum Gasteiger partial charge on any atom is -0.147 e. The third kappa shape index (κ3) is 3.64. The van der Waals surface area contributed by atoms with Gasteiger partial charge in [-0.15, -0.1) is 24.8 Å². The Labute approximate surface area is 174 Å². The van der Waals surface area contributed by atoms with Crippen molar-refractivity contribution >= 4 is 40.7 Å². The van der Waals surface area contributed by atoms with Crippen LogP contribution in [0, 0.1) is 0 Å². The summed E-state index contributed by atoms with van der Waals surface area (Å²) in [5.41, 5.74) is 6.01. The molecule has 2 aliphatic carbocycles. The van der Waals surface area contributed by atoms with E-state index < -0.39 is 19.8 Å². The number of unbranched alkanes of at least 4 members (excludes halogenated alkanes) is 1. The minimum atomic E-state index is -2.63. The molecule has 26 heavy (non-hydrogen) atoms. The van der Waals surface area contributed by atoms with Gasteiger partial charge in [-0.1, -0.05) is 0 Å². The summed E-state index contributed by atoms with van der Waals surface area (Å²) < 4.78 is 6.77. The Hall–Kier alpha value is -0.747. The van der Waals surface area contributed by atoms with E-state index in [1.165, 1.54) is 24.0 Å². The van der Waals surface area contributed by atoms with Crippen molar-refractivity contribution in [2.75, 3.05) is 0 Å². The molecule has 4 rings (SSSR count). The van der Waals surface area contributed by atoms with Gasteiger partial charge in [0.15, 0.2) is 0 Å². The van der Waals surface area contributed by atoms with E-state index in [1.807, 2.05) is 0 Å². The van der Waals surface area contributed by atoms with Gasteiger partial charge in [0.2, 0.25) is 0 Å². The van der Waals surface area contributed by atoms with Crippen molar-refractivity contribution in [1.82, 2.24) is 0 Å². The summed E-state index contributed by atoms with van der Waals surface area (Å²) in [6, 6.07) is 18.0. The van der Waals surface area contributed by atoms with Gasteiger partial charge in [-0.3, -0.25) is 0 Å². The fourth-order valence-electron chi connectivity index (χ4n) is 4.49. The molecule has 0 bridgehead atoms. The number of allylic oxidation sites excluding steroid dienone is 2. The van der Waals surface area contributed by atoms with Crippen LogP contribution in [0.4, 0.5) is 0 Å². The van der Waals surface area contributed by atoms with Crippen molar-refractivity contribution in [3.05, 3.63) is 82.9 Å². The molecule has 2 atom stereocenters. The van der Waals surface area contributed by atoms with Crippen molar-refractivity contribution in [3.8, 4) is 0 Å². The minimum absolute atomic E-state index is 0. The number of benzene rings is 2. The van der Waals surface area contributed by atoms with Crippen molar-refractivity contribution in [3.63, 3.8) is 0 Å². The molecular formula is C23H27Cl2Zr.